The summed E-state index contributed by atoms with van der Waals surface area (Å²) in [4.78, 5) is 11.8. The SMILES string of the molecule is CCC(C)(C)C(=O)NCCOc1ccc(C(F)(F)F)cc1. The van der Waals surface area contributed by atoms with Crippen molar-refractivity contribution in [3.05, 3.63) is 29.8 Å². The Morgan fingerprint density at radius 3 is 2.24 bits per heavy atom. The van der Waals surface area contributed by atoms with E-state index in [2.05, 4.69) is 5.32 Å². The van der Waals surface area contributed by atoms with Gasteiger partial charge in [0, 0.05) is 5.41 Å². The number of carbonyl (C=O) groups is 1. The van der Waals surface area contributed by atoms with Gasteiger partial charge in [-0.2, -0.15) is 13.2 Å². The summed E-state index contributed by atoms with van der Waals surface area (Å²) in [5.74, 6) is 0.271. The molecule has 0 aliphatic rings. The van der Waals surface area contributed by atoms with E-state index in [9.17, 15) is 18.0 Å². The summed E-state index contributed by atoms with van der Waals surface area (Å²) in [5, 5.41) is 2.74. The van der Waals surface area contributed by atoms with Gasteiger partial charge in [0.2, 0.25) is 5.91 Å². The molecule has 0 aromatic heterocycles. The molecule has 1 N–H and O–H groups in total. The van der Waals surface area contributed by atoms with Crippen LogP contribution in [-0.4, -0.2) is 19.1 Å². The van der Waals surface area contributed by atoms with Crippen LogP contribution in [0.4, 0.5) is 13.2 Å². The first-order valence-corrected chi connectivity index (χ1v) is 6.75. The first kappa shape index (κ1) is 17.3. The fourth-order valence-electron chi connectivity index (χ4n) is 1.47. The van der Waals surface area contributed by atoms with E-state index in [1.54, 1.807) is 0 Å². The van der Waals surface area contributed by atoms with E-state index in [1.165, 1.54) is 12.1 Å². The van der Waals surface area contributed by atoms with Gasteiger partial charge in [-0.3, -0.25) is 4.79 Å². The van der Waals surface area contributed by atoms with Crippen LogP contribution in [0.25, 0.3) is 0 Å². The summed E-state index contributed by atoms with van der Waals surface area (Å²) >= 11 is 0. The molecule has 21 heavy (non-hydrogen) atoms. The number of halogens is 3. The minimum atomic E-state index is -4.35. The molecule has 0 saturated carbocycles. The van der Waals surface area contributed by atoms with Crippen LogP contribution in [0.3, 0.4) is 0 Å². The van der Waals surface area contributed by atoms with Crippen LogP contribution in [0.15, 0.2) is 24.3 Å². The molecule has 118 valence electrons. The molecule has 3 nitrogen and oxygen atoms in total. The normalized spacial score (nSPS) is 12.1. The van der Waals surface area contributed by atoms with Crippen molar-refractivity contribution in [2.45, 2.75) is 33.4 Å². The lowest BCUT2D eigenvalue weighted by atomic mass is 9.89. The Kier molecular flexibility index (Phi) is 5.63. The Hall–Kier alpha value is -1.72. The van der Waals surface area contributed by atoms with Gasteiger partial charge in [-0.1, -0.05) is 20.8 Å². The fraction of sp³-hybridized carbons (Fsp3) is 0.533. The monoisotopic (exact) mass is 303 g/mol. The number of nitrogens with one attached hydrogen (secondary N) is 1. The largest absolute Gasteiger partial charge is 0.492 e. The molecule has 0 saturated heterocycles. The third-order valence-corrected chi connectivity index (χ3v) is 3.34. The number of hydrogen-bond donors (Lipinski definition) is 1. The van der Waals surface area contributed by atoms with Crippen LogP contribution in [0.5, 0.6) is 5.75 Å². The molecule has 0 fully saturated rings. The van der Waals surface area contributed by atoms with Gasteiger partial charge in [0.25, 0.3) is 0 Å². The molecule has 0 spiro atoms. The Bertz CT molecular complexity index is 467. The Labute approximate surface area is 122 Å². The topological polar surface area (TPSA) is 38.3 Å². The summed E-state index contributed by atoms with van der Waals surface area (Å²) in [7, 11) is 0. The number of hydrogen-bond acceptors (Lipinski definition) is 2. The van der Waals surface area contributed by atoms with Gasteiger partial charge in [0.15, 0.2) is 0 Å². The third kappa shape index (κ3) is 5.28. The predicted molar refractivity (Wildman–Crippen MR) is 74.0 cm³/mol. The van der Waals surface area contributed by atoms with Crippen molar-refractivity contribution >= 4 is 5.91 Å². The molecule has 0 bridgehead atoms. The van der Waals surface area contributed by atoms with Crippen LogP contribution in [0.2, 0.25) is 0 Å². The predicted octanol–water partition coefficient (Wildman–Crippen LogP) is 3.64. The van der Waals surface area contributed by atoms with Crippen molar-refractivity contribution < 1.29 is 22.7 Å². The standard InChI is InChI=1S/C15H20F3NO2/c1-4-14(2,3)13(20)19-9-10-21-12-7-5-11(6-8-12)15(16,17)18/h5-8H,4,9-10H2,1-3H3,(H,19,20). The third-order valence-electron chi connectivity index (χ3n) is 3.34. The number of ether oxygens (including phenoxy) is 1. The maximum Gasteiger partial charge on any atom is 0.416 e. The summed E-state index contributed by atoms with van der Waals surface area (Å²) in [5.41, 5.74) is -1.15. The van der Waals surface area contributed by atoms with Gasteiger partial charge < -0.3 is 10.1 Å². The zero-order valence-corrected chi connectivity index (χ0v) is 12.4. The quantitative estimate of drug-likeness (QED) is 0.815. The van der Waals surface area contributed by atoms with Gasteiger partial charge in [0.05, 0.1) is 12.1 Å². The maximum atomic E-state index is 12.4. The van der Waals surface area contributed by atoms with E-state index in [-0.39, 0.29) is 12.5 Å². The van der Waals surface area contributed by atoms with Crippen molar-refractivity contribution in [3.63, 3.8) is 0 Å². The first-order chi connectivity index (χ1) is 9.66. The van der Waals surface area contributed by atoms with E-state index in [4.69, 9.17) is 4.74 Å². The molecule has 0 atom stereocenters. The van der Waals surface area contributed by atoms with Crippen LogP contribution >= 0.6 is 0 Å². The molecule has 0 unspecified atom stereocenters. The van der Waals surface area contributed by atoms with Crippen molar-refractivity contribution in [1.29, 1.82) is 0 Å². The second kappa shape index (κ2) is 6.83. The second-order valence-electron chi connectivity index (χ2n) is 5.36. The van der Waals surface area contributed by atoms with E-state index in [0.29, 0.717) is 12.3 Å². The van der Waals surface area contributed by atoms with Crippen molar-refractivity contribution in [2.75, 3.05) is 13.2 Å². The van der Waals surface area contributed by atoms with E-state index >= 15 is 0 Å². The van der Waals surface area contributed by atoms with Crippen LogP contribution < -0.4 is 10.1 Å². The lowest BCUT2D eigenvalue weighted by Gasteiger charge is -2.21. The highest BCUT2D eigenvalue weighted by atomic mass is 19.4. The van der Waals surface area contributed by atoms with Crippen LogP contribution in [0.1, 0.15) is 32.8 Å². The molecule has 0 aliphatic heterocycles. The zero-order chi connectivity index (χ0) is 16.1. The molecule has 1 aromatic rings. The zero-order valence-electron chi connectivity index (χ0n) is 12.4. The molecular weight excluding hydrogens is 283 g/mol. The van der Waals surface area contributed by atoms with E-state index in [0.717, 1.165) is 18.6 Å². The molecule has 0 radical (unpaired) electrons. The van der Waals surface area contributed by atoms with Gasteiger partial charge in [-0.25, -0.2) is 0 Å². The average molecular weight is 303 g/mol. The van der Waals surface area contributed by atoms with E-state index < -0.39 is 17.2 Å². The molecule has 0 heterocycles. The van der Waals surface area contributed by atoms with Gasteiger partial charge in [-0.15, -0.1) is 0 Å². The molecule has 6 heteroatoms. The minimum Gasteiger partial charge on any atom is -0.492 e. The maximum absolute atomic E-state index is 12.4. The Balaban J connectivity index is 2.39. The number of alkyl halides is 3. The summed E-state index contributed by atoms with van der Waals surface area (Å²) in [6, 6.07) is 4.46. The lowest BCUT2D eigenvalue weighted by Crippen LogP contribution is -2.38. The molecule has 1 rings (SSSR count). The summed E-state index contributed by atoms with van der Waals surface area (Å²) in [6.07, 6.45) is -3.63. The Morgan fingerprint density at radius 1 is 1.19 bits per heavy atom. The smallest absolute Gasteiger partial charge is 0.416 e. The second-order valence-corrected chi connectivity index (χ2v) is 5.36. The molecule has 0 aliphatic carbocycles. The molecule has 1 amide bonds. The number of carbonyl (C=O) groups excluding carboxylic acids is 1. The highest BCUT2D eigenvalue weighted by Crippen LogP contribution is 2.30. The van der Waals surface area contributed by atoms with Gasteiger partial charge >= 0.3 is 6.18 Å². The number of rotatable bonds is 6. The van der Waals surface area contributed by atoms with Crippen molar-refractivity contribution in [3.8, 4) is 5.75 Å². The van der Waals surface area contributed by atoms with Crippen molar-refractivity contribution in [2.24, 2.45) is 5.41 Å². The number of benzene rings is 1. The fourth-order valence-corrected chi connectivity index (χ4v) is 1.47. The van der Waals surface area contributed by atoms with Crippen molar-refractivity contribution in [1.82, 2.24) is 5.32 Å². The molecule has 1 aromatic carbocycles. The average Bonchev–Trinajstić information content (AvgIpc) is 2.42. The summed E-state index contributed by atoms with van der Waals surface area (Å²) < 4.78 is 42.4. The van der Waals surface area contributed by atoms with Gasteiger partial charge in [0.1, 0.15) is 12.4 Å². The van der Waals surface area contributed by atoms with Crippen LogP contribution in [0, 0.1) is 5.41 Å². The highest BCUT2D eigenvalue weighted by Gasteiger charge is 2.30. The van der Waals surface area contributed by atoms with E-state index in [1.807, 2.05) is 20.8 Å². The first-order valence-electron chi connectivity index (χ1n) is 6.75. The van der Waals surface area contributed by atoms with Gasteiger partial charge in [-0.05, 0) is 30.7 Å². The minimum absolute atomic E-state index is 0.0685. The van der Waals surface area contributed by atoms with Crippen LogP contribution in [-0.2, 0) is 11.0 Å². The molecular formula is C15H20F3NO2. The summed E-state index contributed by atoms with van der Waals surface area (Å²) in [6.45, 7) is 6.14. The number of amides is 1. The highest BCUT2D eigenvalue weighted by molar-refractivity contribution is 5.81. The Morgan fingerprint density at radius 2 is 1.76 bits per heavy atom. The lowest BCUT2D eigenvalue weighted by molar-refractivity contribution is -0.137.